The average Bonchev–Trinajstić information content (AvgIpc) is 2.53. The molecule has 1 fully saturated rings. The predicted molar refractivity (Wildman–Crippen MR) is 80.1 cm³/mol. The standard InChI is InChI=1S/C15H24N4O/c1-2-11-3-5-12(6-4-11)9-18-15(20)13-7-8-17-10-14(13)19-16/h7-8,10-12,19H,2-6,9,16H2,1H3,(H,18,20). The van der Waals surface area contributed by atoms with Gasteiger partial charge in [-0.25, -0.2) is 0 Å². The molecule has 20 heavy (non-hydrogen) atoms. The zero-order valence-electron chi connectivity index (χ0n) is 12.1. The molecule has 110 valence electrons. The summed E-state index contributed by atoms with van der Waals surface area (Å²) < 4.78 is 0. The SMILES string of the molecule is CCC1CCC(CNC(=O)c2ccncc2NN)CC1. The van der Waals surface area contributed by atoms with Crippen molar-refractivity contribution in [1.29, 1.82) is 0 Å². The lowest BCUT2D eigenvalue weighted by Gasteiger charge is -2.27. The third-order valence-corrected chi connectivity index (χ3v) is 4.32. The molecule has 1 aromatic rings. The number of amides is 1. The van der Waals surface area contributed by atoms with Crippen LogP contribution >= 0.6 is 0 Å². The van der Waals surface area contributed by atoms with Gasteiger partial charge in [0.05, 0.1) is 17.4 Å². The van der Waals surface area contributed by atoms with Crippen LogP contribution in [0.1, 0.15) is 49.4 Å². The maximum Gasteiger partial charge on any atom is 0.253 e. The number of hydrazine groups is 1. The summed E-state index contributed by atoms with van der Waals surface area (Å²) in [4.78, 5) is 16.1. The topological polar surface area (TPSA) is 80.0 Å². The van der Waals surface area contributed by atoms with Crippen molar-refractivity contribution >= 4 is 11.6 Å². The first kappa shape index (κ1) is 14.8. The van der Waals surface area contributed by atoms with Gasteiger partial charge < -0.3 is 10.7 Å². The van der Waals surface area contributed by atoms with E-state index < -0.39 is 0 Å². The fourth-order valence-corrected chi connectivity index (χ4v) is 2.88. The molecule has 1 heterocycles. The van der Waals surface area contributed by atoms with Gasteiger partial charge in [0.2, 0.25) is 0 Å². The second-order valence-corrected chi connectivity index (χ2v) is 5.57. The summed E-state index contributed by atoms with van der Waals surface area (Å²) in [6.45, 7) is 3.01. The number of nitrogens with two attached hydrogens (primary N) is 1. The van der Waals surface area contributed by atoms with Crippen molar-refractivity contribution in [3.8, 4) is 0 Å². The number of hydrogen-bond acceptors (Lipinski definition) is 4. The molecule has 5 heteroatoms. The first-order valence-corrected chi connectivity index (χ1v) is 7.43. The van der Waals surface area contributed by atoms with Crippen LogP contribution in [0.25, 0.3) is 0 Å². The lowest BCUT2D eigenvalue weighted by atomic mass is 9.81. The van der Waals surface area contributed by atoms with E-state index in [1.54, 1.807) is 18.5 Å². The first-order chi connectivity index (χ1) is 9.74. The molecule has 0 saturated heterocycles. The first-order valence-electron chi connectivity index (χ1n) is 7.43. The number of carbonyl (C=O) groups is 1. The number of nitrogens with zero attached hydrogens (tertiary/aromatic N) is 1. The molecule has 0 unspecified atom stereocenters. The Morgan fingerprint density at radius 1 is 1.35 bits per heavy atom. The zero-order chi connectivity index (χ0) is 14.4. The lowest BCUT2D eigenvalue weighted by molar-refractivity contribution is 0.0942. The minimum atomic E-state index is -0.0852. The fourth-order valence-electron chi connectivity index (χ4n) is 2.88. The van der Waals surface area contributed by atoms with E-state index in [9.17, 15) is 4.79 Å². The van der Waals surface area contributed by atoms with Gasteiger partial charge in [-0.3, -0.25) is 15.6 Å². The highest BCUT2D eigenvalue weighted by atomic mass is 16.1. The van der Waals surface area contributed by atoms with Gasteiger partial charge >= 0.3 is 0 Å². The third-order valence-electron chi connectivity index (χ3n) is 4.32. The molecule has 4 N–H and O–H groups in total. The summed E-state index contributed by atoms with van der Waals surface area (Å²) in [5.74, 6) is 6.80. The molecule has 1 amide bonds. The van der Waals surface area contributed by atoms with Gasteiger partial charge in [0.15, 0.2) is 0 Å². The summed E-state index contributed by atoms with van der Waals surface area (Å²) in [7, 11) is 0. The van der Waals surface area contributed by atoms with Gasteiger partial charge in [0, 0.05) is 12.7 Å². The van der Waals surface area contributed by atoms with Gasteiger partial charge in [-0.2, -0.15) is 0 Å². The molecule has 5 nitrogen and oxygen atoms in total. The number of nitrogens with one attached hydrogen (secondary N) is 2. The third kappa shape index (κ3) is 3.70. The monoisotopic (exact) mass is 276 g/mol. The van der Waals surface area contributed by atoms with Crippen LogP contribution in [0.2, 0.25) is 0 Å². The zero-order valence-corrected chi connectivity index (χ0v) is 12.1. The summed E-state index contributed by atoms with van der Waals surface area (Å²) in [6, 6.07) is 1.68. The van der Waals surface area contributed by atoms with E-state index in [1.165, 1.54) is 32.1 Å². The van der Waals surface area contributed by atoms with E-state index in [0.29, 0.717) is 17.2 Å². The van der Waals surface area contributed by atoms with E-state index in [4.69, 9.17) is 5.84 Å². The van der Waals surface area contributed by atoms with Crippen LogP contribution in [0.3, 0.4) is 0 Å². The summed E-state index contributed by atoms with van der Waals surface area (Å²) >= 11 is 0. The van der Waals surface area contributed by atoms with Crippen molar-refractivity contribution in [2.24, 2.45) is 17.7 Å². The number of nitrogen functional groups attached to an aromatic ring is 1. The van der Waals surface area contributed by atoms with Crippen LogP contribution in [0, 0.1) is 11.8 Å². The molecule has 0 aliphatic heterocycles. The normalized spacial score (nSPS) is 22.3. The van der Waals surface area contributed by atoms with Crippen LogP contribution < -0.4 is 16.6 Å². The molecule has 0 atom stereocenters. The summed E-state index contributed by atoms with van der Waals surface area (Å²) in [5.41, 5.74) is 3.61. The number of carbonyl (C=O) groups excluding carboxylic acids is 1. The Hall–Kier alpha value is -1.62. The van der Waals surface area contributed by atoms with Crippen LogP contribution in [-0.2, 0) is 0 Å². The van der Waals surface area contributed by atoms with Crippen molar-refractivity contribution < 1.29 is 4.79 Å². The molecule has 1 aliphatic carbocycles. The number of anilines is 1. The van der Waals surface area contributed by atoms with Crippen molar-refractivity contribution in [3.05, 3.63) is 24.0 Å². The Bertz CT molecular complexity index is 441. The van der Waals surface area contributed by atoms with E-state index in [2.05, 4.69) is 22.7 Å². The van der Waals surface area contributed by atoms with Gasteiger partial charge in [0.25, 0.3) is 5.91 Å². The Morgan fingerprint density at radius 2 is 2.05 bits per heavy atom. The lowest BCUT2D eigenvalue weighted by Crippen LogP contribution is -2.32. The van der Waals surface area contributed by atoms with Crippen LogP contribution in [0.15, 0.2) is 18.5 Å². The second-order valence-electron chi connectivity index (χ2n) is 5.57. The number of rotatable bonds is 5. The van der Waals surface area contributed by atoms with Crippen LogP contribution in [0.4, 0.5) is 5.69 Å². The number of hydrogen-bond donors (Lipinski definition) is 3. The fraction of sp³-hybridized carbons (Fsp3) is 0.600. The highest BCUT2D eigenvalue weighted by Gasteiger charge is 2.20. The van der Waals surface area contributed by atoms with Crippen LogP contribution in [0.5, 0.6) is 0 Å². The number of pyridine rings is 1. The average molecular weight is 276 g/mol. The van der Waals surface area contributed by atoms with Crippen molar-refractivity contribution in [3.63, 3.8) is 0 Å². The molecule has 1 aliphatic rings. The second kappa shape index (κ2) is 7.24. The van der Waals surface area contributed by atoms with E-state index in [-0.39, 0.29) is 5.91 Å². The van der Waals surface area contributed by atoms with Gasteiger partial charge in [-0.05, 0) is 30.7 Å². The van der Waals surface area contributed by atoms with E-state index in [1.807, 2.05) is 0 Å². The van der Waals surface area contributed by atoms with Gasteiger partial charge in [-0.15, -0.1) is 0 Å². The molecule has 1 saturated carbocycles. The Morgan fingerprint density at radius 3 is 2.70 bits per heavy atom. The van der Waals surface area contributed by atoms with Crippen molar-refractivity contribution in [2.45, 2.75) is 39.0 Å². The van der Waals surface area contributed by atoms with Crippen LogP contribution in [-0.4, -0.2) is 17.4 Å². The molecule has 0 radical (unpaired) electrons. The molecule has 0 bridgehead atoms. The Balaban J connectivity index is 1.83. The molecule has 1 aromatic heterocycles. The van der Waals surface area contributed by atoms with E-state index >= 15 is 0 Å². The molecule has 0 spiro atoms. The summed E-state index contributed by atoms with van der Waals surface area (Å²) in [5, 5.41) is 3.01. The van der Waals surface area contributed by atoms with E-state index in [0.717, 1.165) is 12.5 Å². The maximum atomic E-state index is 12.2. The predicted octanol–water partition coefficient (Wildman–Crippen LogP) is 2.31. The molecule has 0 aromatic carbocycles. The summed E-state index contributed by atoms with van der Waals surface area (Å²) in [6.07, 6.45) is 9.46. The Kier molecular flexibility index (Phi) is 5.35. The molecular weight excluding hydrogens is 252 g/mol. The Labute approximate surface area is 120 Å². The highest BCUT2D eigenvalue weighted by molar-refractivity contribution is 5.99. The van der Waals surface area contributed by atoms with Gasteiger partial charge in [-0.1, -0.05) is 26.2 Å². The minimum Gasteiger partial charge on any atom is -0.352 e. The molecular formula is C15H24N4O. The highest BCUT2D eigenvalue weighted by Crippen LogP contribution is 2.30. The largest absolute Gasteiger partial charge is 0.352 e. The minimum absolute atomic E-state index is 0.0852. The molecule has 2 rings (SSSR count). The smallest absolute Gasteiger partial charge is 0.253 e. The maximum absolute atomic E-state index is 12.2. The van der Waals surface area contributed by atoms with Gasteiger partial charge in [0.1, 0.15) is 0 Å². The number of aromatic nitrogens is 1. The van der Waals surface area contributed by atoms with Crippen molar-refractivity contribution in [2.75, 3.05) is 12.0 Å². The van der Waals surface area contributed by atoms with Crippen molar-refractivity contribution in [1.82, 2.24) is 10.3 Å². The quantitative estimate of drug-likeness (QED) is 0.569.